The van der Waals surface area contributed by atoms with E-state index in [1.54, 1.807) is 0 Å². The van der Waals surface area contributed by atoms with E-state index in [4.69, 9.17) is 9.47 Å². The Hall–Kier alpha value is -0.0800. The van der Waals surface area contributed by atoms with Crippen molar-refractivity contribution in [1.29, 1.82) is 0 Å². The fourth-order valence-corrected chi connectivity index (χ4v) is 1.39. The van der Waals surface area contributed by atoms with Gasteiger partial charge in [-0.1, -0.05) is 20.3 Å². The minimum Gasteiger partial charge on any atom is -0.373 e. The van der Waals surface area contributed by atoms with Gasteiger partial charge in [0.25, 0.3) is 0 Å². The molecule has 0 aromatic carbocycles. The fraction of sp³-hybridized carbons (Fsp3) is 0.889. The minimum absolute atomic E-state index is 0.277. The molecule has 0 aromatic rings. The first kappa shape index (κ1) is 9.01. The quantitative estimate of drug-likeness (QED) is 0.625. The lowest BCUT2D eigenvalue weighted by Crippen LogP contribution is -2.31. The van der Waals surface area contributed by atoms with Gasteiger partial charge >= 0.3 is 0 Å². The van der Waals surface area contributed by atoms with Crippen molar-refractivity contribution >= 4 is 0 Å². The Kier molecular flexibility index (Phi) is 3.87. The van der Waals surface area contributed by atoms with Crippen molar-refractivity contribution in [2.45, 2.75) is 39.2 Å². The van der Waals surface area contributed by atoms with Gasteiger partial charge in [0.15, 0.2) is 0 Å². The van der Waals surface area contributed by atoms with Crippen LogP contribution in [-0.4, -0.2) is 19.3 Å². The third-order valence-corrected chi connectivity index (χ3v) is 1.95. The molecule has 1 aliphatic rings. The van der Waals surface area contributed by atoms with Crippen molar-refractivity contribution in [1.82, 2.24) is 0 Å². The Morgan fingerprint density at radius 2 is 2.18 bits per heavy atom. The van der Waals surface area contributed by atoms with Crippen molar-refractivity contribution in [3.63, 3.8) is 0 Å². The van der Waals surface area contributed by atoms with Crippen LogP contribution in [0.4, 0.5) is 0 Å². The molecule has 0 spiro atoms. The summed E-state index contributed by atoms with van der Waals surface area (Å²) in [5.74, 6) is 0. The first-order valence-corrected chi connectivity index (χ1v) is 4.48. The summed E-state index contributed by atoms with van der Waals surface area (Å²) in [5.41, 5.74) is 0. The van der Waals surface area contributed by atoms with Crippen molar-refractivity contribution < 1.29 is 9.47 Å². The van der Waals surface area contributed by atoms with Crippen molar-refractivity contribution in [2.24, 2.45) is 0 Å². The maximum absolute atomic E-state index is 5.56. The summed E-state index contributed by atoms with van der Waals surface area (Å²) in [6.07, 6.45) is 4.67. The molecule has 2 nitrogen and oxygen atoms in total. The highest BCUT2D eigenvalue weighted by atomic mass is 16.6. The summed E-state index contributed by atoms with van der Waals surface area (Å²) in [5, 5.41) is 0. The highest BCUT2D eigenvalue weighted by Crippen LogP contribution is 2.23. The fourth-order valence-electron chi connectivity index (χ4n) is 1.39. The zero-order valence-corrected chi connectivity index (χ0v) is 7.43. The van der Waals surface area contributed by atoms with E-state index in [9.17, 15) is 0 Å². The molecule has 0 amide bonds. The highest BCUT2D eigenvalue weighted by Gasteiger charge is 2.25. The molecular weight excluding hydrogens is 140 g/mol. The van der Waals surface area contributed by atoms with Crippen LogP contribution in [0.2, 0.25) is 0 Å². The molecule has 1 fully saturated rings. The molecule has 1 atom stereocenters. The molecule has 0 bridgehead atoms. The Morgan fingerprint density at radius 3 is 2.82 bits per heavy atom. The summed E-state index contributed by atoms with van der Waals surface area (Å²) in [6, 6.07) is 0. The molecule has 2 heteroatoms. The zero-order valence-electron chi connectivity index (χ0n) is 7.43. The molecule has 1 rings (SSSR count). The largest absolute Gasteiger partial charge is 0.373 e. The SMILES string of the molecule is CCCC1OCCO[C]1CC. The predicted octanol–water partition coefficient (Wildman–Crippen LogP) is 2.14. The molecule has 0 aromatic heterocycles. The van der Waals surface area contributed by atoms with Crippen LogP contribution in [-0.2, 0) is 9.47 Å². The third-order valence-electron chi connectivity index (χ3n) is 1.95. The van der Waals surface area contributed by atoms with E-state index in [2.05, 4.69) is 13.8 Å². The predicted molar refractivity (Wildman–Crippen MR) is 44.1 cm³/mol. The van der Waals surface area contributed by atoms with Gasteiger partial charge in [0.2, 0.25) is 0 Å². The van der Waals surface area contributed by atoms with E-state index >= 15 is 0 Å². The average molecular weight is 157 g/mol. The van der Waals surface area contributed by atoms with Crippen molar-refractivity contribution in [3.8, 4) is 0 Å². The Balaban J connectivity index is 2.31. The van der Waals surface area contributed by atoms with Gasteiger partial charge in [-0.25, -0.2) is 0 Å². The number of hydrogen-bond acceptors (Lipinski definition) is 2. The first-order chi connectivity index (χ1) is 5.38. The van der Waals surface area contributed by atoms with Gasteiger partial charge in [-0.2, -0.15) is 0 Å². The van der Waals surface area contributed by atoms with Gasteiger partial charge in [0.1, 0.15) is 6.10 Å². The molecule has 1 heterocycles. The standard InChI is InChI=1S/C9H17O2/c1-3-5-9-8(4-2)10-6-7-11-9/h9H,3-7H2,1-2H3. The van der Waals surface area contributed by atoms with E-state index in [1.165, 1.54) is 0 Å². The third kappa shape index (κ3) is 2.46. The molecule has 0 saturated carbocycles. The number of hydrogen-bond donors (Lipinski definition) is 0. The Morgan fingerprint density at radius 1 is 1.36 bits per heavy atom. The molecule has 1 aliphatic heterocycles. The van der Waals surface area contributed by atoms with E-state index < -0.39 is 0 Å². The molecule has 1 unspecified atom stereocenters. The molecule has 0 aliphatic carbocycles. The number of rotatable bonds is 3. The molecular formula is C9H17O2. The van der Waals surface area contributed by atoms with Gasteiger partial charge in [-0.15, -0.1) is 0 Å². The van der Waals surface area contributed by atoms with Gasteiger partial charge in [0, 0.05) is 0 Å². The molecule has 1 saturated heterocycles. The van der Waals surface area contributed by atoms with Crippen LogP contribution in [0.1, 0.15) is 33.1 Å². The van der Waals surface area contributed by atoms with E-state index in [0.717, 1.165) is 38.6 Å². The lowest BCUT2D eigenvalue weighted by Gasteiger charge is -2.29. The van der Waals surface area contributed by atoms with Crippen molar-refractivity contribution in [2.75, 3.05) is 13.2 Å². The van der Waals surface area contributed by atoms with Gasteiger partial charge in [0.05, 0.1) is 19.3 Å². The average Bonchev–Trinajstić information content (AvgIpc) is 2.06. The second-order valence-electron chi connectivity index (χ2n) is 2.82. The lowest BCUT2D eigenvalue weighted by molar-refractivity contribution is -0.0873. The van der Waals surface area contributed by atoms with E-state index in [1.807, 2.05) is 0 Å². The van der Waals surface area contributed by atoms with Crippen LogP contribution in [0.15, 0.2) is 0 Å². The Labute approximate surface area is 68.9 Å². The number of ether oxygens (including phenoxy) is 2. The minimum atomic E-state index is 0.277. The van der Waals surface area contributed by atoms with Crippen LogP contribution < -0.4 is 0 Å². The lowest BCUT2D eigenvalue weighted by atomic mass is 10.1. The normalized spacial score (nSPS) is 27.3. The second kappa shape index (κ2) is 4.73. The molecule has 0 N–H and O–H groups in total. The van der Waals surface area contributed by atoms with Crippen LogP contribution in [0.3, 0.4) is 0 Å². The van der Waals surface area contributed by atoms with Gasteiger partial charge in [-0.3, -0.25) is 0 Å². The highest BCUT2D eigenvalue weighted by molar-refractivity contribution is 4.89. The molecule has 65 valence electrons. The summed E-state index contributed by atoms with van der Waals surface area (Å²) in [7, 11) is 0. The van der Waals surface area contributed by atoms with Crippen LogP contribution in [0, 0.1) is 6.10 Å². The van der Waals surface area contributed by atoms with E-state index in [0.29, 0.717) is 0 Å². The summed E-state index contributed by atoms with van der Waals surface area (Å²) in [6.45, 7) is 5.79. The summed E-state index contributed by atoms with van der Waals surface area (Å²) in [4.78, 5) is 0. The monoisotopic (exact) mass is 157 g/mol. The van der Waals surface area contributed by atoms with Crippen molar-refractivity contribution in [3.05, 3.63) is 6.10 Å². The van der Waals surface area contributed by atoms with Crippen LogP contribution in [0.5, 0.6) is 0 Å². The smallest absolute Gasteiger partial charge is 0.125 e. The van der Waals surface area contributed by atoms with Crippen LogP contribution in [0.25, 0.3) is 0 Å². The molecule has 1 radical (unpaired) electrons. The zero-order chi connectivity index (χ0) is 8.10. The topological polar surface area (TPSA) is 18.5 Å². The summed E-state index contributed by atoms with van der Waals surface area (Å²) >= 11 is 0. The first-order valence-electron chi connectivity index (χ1n) is 4.48. The molecule has 11 heavy (non-hydrogen) atoms. The Bertz CT molecular complexity index is 102. The second-order valence-corrected chi connectivity index (χ2v) is 2.82. The summed E-state index contributed by atoms with van der Waals surface area (Å²) < 4.78 is 11.0. The van der Waals surface area contributed by atoms with Gasteiger partial charge < -0.3 is 9.47 Å². The van der Waals surface area contributed by atoms with Crippen LogP contribution >= 0.6 is 0 Å². The van der Waals surface area contributed by atoms with E-state index in [-0.39, 0.29) is 6.10 Å². The maximum Gasteiger partial charge on any atom is 0.125 e. The maximum atomic E-state index is 5.56. The van der Waals surface area contributed by atoms with Gasteiger partial charge in [-0.05, 0) is 12.8 Å².